The van der Waals surface area contributed by atoms with Gasteiger partial charge in [0.15, 0.2) is 11.5 Å². The molecule has 26 heavy (non-hydrogen) atoms. The van der Waals surface area contributed by atoms with Crippen molar-refractivity contribution in [1.82, 2.24) is 5.32 Å². The van der Waals surface area contributed by atoms with E-state index >= 15 is 0 Å². The maximum atomic E-state index is 6.09. The fourth-order valence-electron chi connectivity index (χ4n) is 2.68. The van der Waals surface area contributed by atoms with E-state index in [-0.39, 0.29) is 0 Å². The molecule has 3 rings (SSSR count). The van der Waals surface area contributed by atoms with E-state index in [0.717, 1.165) is 35.6 Å². The van der Waals surface area contributed by atoms with Crippen molar-refractivity contribution < 1.29 is 9.47 Å². The molecule has 0 amide bonds. The van der Waals surface area contributed by atoms with Crippen molar-refractivity contribution in [2.75, 3.05) is 13.6 Å². The monoisotopic (exact) mass is 347 g/mol. The molecule has 0 spiro atoms. The molecule has 134 valence electrons. The van der Waals surface area contributed by atoms with Gasteiger partial charge in [-0.1, -0.05) is 66.7 Å². The molecule has 0 fully saturated rings. The lowest BCUT2D eigenvalue weighted by molar-refractivity contribution is 0.255. The zero-order valence-corrected chi connectivity index (χ0v) is 15.2. The van der Waals surface area contributed by atoms with Crippen molar-refractivity contribution in [3.8, 4) is 11.5 Å². The molecule has 3 heteroatoms. The van der Waals surface area contributed by atoms with E-state index in [2.05, 4.69) is 41.7 Å². The molecule has 0 bridgehead atoms. The van der Waals surface area contributed by atoms with Gasteiger partial charge in [-0.2, -0.15) is 0 Å². The molecule has 0 atom stereocenters. The Morgan fingerprint density at radius 2 is 1.23 bits per heavy atom. The molecule has 0 radical (unpaired) electrons. The maximum Gasteiger partial charge on any atom is 0.161 e. The van der Waals surface area contributed by atoms with Gasteiger partial charge in [0.1, 0.15) is 13.2 Å². The molecule has 0 aliphatic carbocycles. The standard InChI is InChI=1S/C23H25NO2/c1-24-15-14-19-12-13-22(25-17-20-8-4-2-5-9-20)23(16-19)26-18-21-10-6-3-7-11-21/h2-13,16,24H,14-15,17-18H2,1H3. The highest BCUT2D eigenvalue weighted by Gasteiger charge is 2.08. The molecule has 0 saturated heterocycles. The topological polar surface area (TPSA) is 30.5 Å². The molecule has 0 heterocycles. The Bertz CT molecular complexity index is 788. The first-order valence-corrected chi connectivity index (χ1v) is 8.96. The molecule has 0 aliphatic rings. The lowest BCUT2D eigenvalue weighted by Gasteiger charge is -2.15. The predicted molar refractivity (Wildman–Crippen MR) is 106 cm³/mol. The summed E-state index contributed by atoms with van der Waals surface area (Å²) in [6.07, 6.45) is 0.956. The van der Waals surface area contributed by atoms with Gasteiger partial charge in [0.25, 0.3) is 0 Å². The van der Waals surface area contributed by atoms with Gasteiger partial charge in [-0.05, 0) is 48.8 Å². The lowest BCUT2D eigenvalue weighted by atomic mass is 10.1. The van der Waals surface area contributed by atoms with E-state index in [4.69, 9.17) is 9.47 Å². The molecule has 0 aliphatic heterocycles. The minimum Gasteiger partial charge on any atom is -0.485 e. The summed E-state index contributed by atoms with van der Waals surface area (Å²) in [5.41, 5.74) is 3.51. The third-order valence-corrected chi connectivity index (χ3v) is 4.15. The first kappa shape index (κ1) is 18.0. The summed E-state index contributed by atoms with van der Waals surface area (Å²) in [5.74, 6) is 1.57. The van der Waals surface area contributed by atoms with E-state index in [1.54, 1.807) is 0 Å². The summed E-state index contributed by atoms with van der Waals surface area (Å²) >= 11 is 0. The predicted octanol–water partition coefficient (Wildman–Crippen LogP) is 4.61. The number of benzene rings is 3. The SMILES string of the molecule is CNCCc1ccc(OCc2ccccc2)c(OCc2ccccc2)c1. The highest BCUT2D eigenvalue weighted by Crippen LogP contribution is 2.30. The van der Waals surface area contributed by atoms with E-state index in [1.165, 1.54) is 5.56 Å². The smallest absolute Gasteiger partial charge is 0.161 e. The molecule has 0 aromatic heterocycles. The van der Waals surface area contributed by atoms with Crippen molar-refractivity contribution in [3.63, 3.8) is 0 Å². The fraction of sp³-hybridized carbons (Fsp3) is 0.217. The van der Waals surface area contributed by atoms with Crippen LogP contribution in [0.4, 0.5) is 0 Å². The van der Waals surface area contributed by atoms with Crippen molar-refractivity contribution >= 4 is 0 Å². The van der Waals surface area contributed by atoms with Crippen LogP contribution in [0, 0.1) is 0 Å². The lowest BCUT2D eigenvalue weighted by Crippen LogP contribution is -2.10. The van der Waals surface area contributed by atoms with Crippen molar-refractivity contribution in [1.29, 1.82) is 0 Å². The number of likely N-dealkylation sites (N-methyl/N-ethyl adjacent to an activating group) is 1. The van der Waals surface area contributed by atoms with E-state index in [0.29, 0.717) is 13.2 Å². The van der Waals surface area contributed by atoms with Gasteiger partial charge < -0.3 is 14.8 Å². The normalized spacial score (nSPS) is 10.5. The van der Waals surface area contributed by atoms with Crippen molar-refractivity contribution in [3.05, 3.63) is 95.6 Å². The zero-order chi connectivity index (χ0) is 18.0. The average molecular weight is 347 g/mol. The molecule has 3 aromatic carbocycles. The summed E-state index contributed by atoms with van der Waals surface area (Å²) in [6, 6.07) is 26.6. The van der Waals surface area contributed by atoms with Crippen LogP contribution in [0.1, 0.15) is 16.7 Å². The van der Waals surface area contributed by atoms with Gasteiger partial charge in [-0.25, -0.2) is 0 Å². The average Bonchev–Trinajstić information content (AvgIpc) is 2.71. The Morgan fingerprint density at radius 3 is 1.81 bits per heavy atom. The van der Waals surface area contributed by atoms with E-state index < -0.39 is 0 Å². The molecule has 0 saturated carbocycles. The zero-order valence-electron chi connectivity index (χ0n) is 15.2. The van der Waals surface area contributed by atoms with Gasteiger partial charge >= 0.3 is 0 Å². The van der Waals surface area contributed by atoms with Crippen LogP contribution in [-0.2, 0) is 19.6 Å². The second-order valence-electron chi connectivity index (χ2n) is 6.18. The summed E-state index contributed by atoms with van der Waals surface area (Å²) in [4.78, 5) is 0. The first-order chi connectivity index (χ1) is 12.8. The van der Waals surface area contributed by atoms with Crippen LogP contribution >= 0.6 is 0 Å². The van der Waals surface area contributed by atoms with Gasteiger partial charge in [0, 0.05) is 0 Å². The van der Waals surface area contributed by atoms with Crippen molar-refractivity contribution in [2.45, 2.75) is 19.6 Å². The minimum atomic E-state index is 0.526. The highest BCUT2D eigenvalue weighted by molar-refractivity contribution is 5.43. The third kappa shape index (κ3) is 5.36. The van der Waals surface area contributed by atoms with Crippen LogP contribution in [0.15, 0.2) is 78.9 Å². The van der Waals surface area contributed by atoms with Crippen LogP contribution in [0.25, 0.3) is 0 Å². The van der Waals surface area contributed by atoms with Crippen LogP contribution in [0.5, 0.6) is 11.5 Å². The summed E-state index contributed by atoms with van der Waals surface area (Å²) < 4.78 is 12.1. The number of rotatable bonds is 9. The molecule has 3 nitrogen and oxygen atoms in total. The maximum absolute atomic E-state index is 6.09. The van der Waals surface area contributed by atoms with Crippen LogP contribution in [-0.4, -0.2) is 13.6 Å². The van der Waals surface area contributed by atoms with Crippen molar-refractivity contribution in [2.24, 2.45) is 0 Å². The fourth-order valence-corrected chi connectivity index (χ4v) is 2.68. The summed E-state index contributed by atoms with van der Waals surface area (Å²) in [5, 5.41) is 3.18. The summed E-state index contributed by atoms with van der Waals surface area (Å²) in [6.45, 7) is 1.98. The number of hydrogen-bond acceptors (Lipinski definition) is 3. The van der Waals surface area contributed by atoms with E-state index in [9.17, 15) is 0 Å². The van der Waals surface area contributed by atoms with E-state index in [1.807, 2.05) is 49.5 Å². The largest absolute Gasteiger partial charge is 0.485 e. The van der Waals surface area contributed by atoms with Crippen LogP contribution in [0.3, 0.4) is 0 Å². The Labute approximate surface area is 155 Å². The second-order valence-corrected chi connectivity index (χ2v) is 6.18. The van der Waals surface area contributed by atoms with Gasteiger partial charge in [0.05, 0.1) is 0 Å². The highest BCUT2D eigenvalue weighted by atomic mass is 16.5. The molecule has 1 N–H and O–H groups in total. The number of nitrogens with one attached hydrogen (secondary N) is 1. The quantitative estimate of drug-likeness (QED) is 0.613. The molecular weight excluding hydrogens is 322 g/mol. The first-order valence-electron chi connectivity index (χ1n) is 8.96. The minimum absolute atomic E-state index is 0.526. The third-order valence-electron chi connectivity index (χ3n) is 4.15. The molecule has 3 aromatic rings. The van der Waals surface area contributed by atoms with Gasteiger partial charge in [-0.3, -0.25) is 0 Å². The number of ether oxygens (including phenoxy) is 2. The second kappa shape index (κ2) is 9.64. The Hall–Kier alpha value is -2.78. The Kier molecular flexibility index (Phi) is 6.68. The number of hydrogen-bond donors (Lipinski definition) is 1. The van der Waals surface area contributed by atoms with Gasteiger partial charge in [0.2, 0.25) is 0 Å². The Morgan fingerprint density at radius 1 is 0.654 bits per heavy atom. The molecule has 0 unspecified atom stereocenters. The van der Waals surface area contributed by atoms with Gasteiger partial charge in [-0.15, -0.1) is 0 Å². The van der Waals surface area contributed by atoms with Crippen LogP contribution < -0.4 is 14.8 Å². The van der Waals surface area contributed by atoms with Crippen LogP contribution in [0.2, 0.25) is 0 Å². The Balaban J connectivity index is 1.73. The summed E-state index contributed by atoms with van der Waals surface area (Å²) in [7, 11) is 1.96. The molecular formula is C23H25NO2.